The maximum atomic E-state index is 12.4. The van der Waals surface area contributed by atoms with E-state index in [1.807, 2.05) is 14.1 Å². The van der Waals surface area contributed by atoms with Crippen LogP contribution in [0.5, 0.6) is 0 Å². The zero-order valence-corrected chi connectivity index (χ0v) is 18.7. The highest BCUT2D eigenvalue weighted by molar-refractivity contribution is 7.13. The number of thiophene rings is 1. The van der Waals surface area contributed by atoms with E-state index in [1.165, 1.54) is 35.5 Å². The SMILES string of the molecule is CN(C)c1nc(N[C@H]2CC[C@@H](NC(=O)c3csc([N+](=O)[O-])c3)CC2)nc2c1CCCC2. The third kappa shape index (κ3) is 4.95. The van der Waals surface area contributed by atoms with Crippen LogP contribution in [-0.4, -0.2) is 47.0 Å². The largest absolute Gasteiger partial charge is 0.362 e. The molecule has 2 heterocycles. The average molecular weight is 445 g/mol. The van der Waals surface area contributed by atoms with Crippen LogP contribution in [0.1, 0.15) is 60.1 Å². The van der Waals surface area contributed by atoms with Crippen molar-refractivity contribution in [1.82, 2.24) is 15.3 Å². The number of carbonyl (C=O) groups is 1. The fourth-order valence-electron chi connectivity index (χ4n) is 4.38. The van der Waals surface area contributed by atoms with Crippen LogP contribution in [0.3, 0.4) is 0 Å². The Kier molecular flexibility index (Phi) is 6.35. The molecule has 2 N–H and O–H groups in total. The van der Waals surface area contributed by atoms with Crippen LogP contribution in [0, 0.1) is 10.1 Å². The molecule has 0 aromatic carbocycles. The highest BCUT2D eigenvalue weighted by Crippen LogP contribution is 2.29. The van der Waals surface area contributed by atoms with Gasteiger partial charge in [-0.15, -0.1) is 0 Å². The molecule has 0 atom stereocenters. The number of fused-ring (bicyclic) bond motifs is 1. The molecule has 1 amide bonds. The number of hydrogen-bond donors (Lipinski definition) is 2. The molecule has 2 aromatic rings. The summed E-state index contributed by atoms with van der Waals surface area (Å²) >= 11 is 0.975. The maximum Gasteiger partial charge on any atom is 0.324 e. The molecule has 1 fully saturated rings. The lowest BCUT2D eigenvalue weighted by molar-refractivity contribution is -0.380. The average Bonchev–Trinajstić information content (AvgIpc) is 3.25. The van der Waals surface area contributed by atoms with Crippen LogP contribution in [0.15, 0.2) is 11.4 Å². The summed E-state index contributed by atoms with van der Waals surface area (Å²) < 4.78 is 0. The summed E-state index contributed by atoms with van der Waals surface area (Å²) in [5.41, 5.74) is 2.80. The normalized spacial score (nSPS) is 20.6. The minimum Gasteiger partial charge on any atom is -0.362 e. The van der Waals surface area contributed by atoms with Crippen LogP contribution in [0.4, 0.5) is 16.8 Å². The number of aryl methyl sites for hydroxylation is 1. The molecule has 166 valence electrons. The quantitative estimate of drug-likeness (QED) is 0.517. The summed E-state index contributed by atoms with van der Waals surface area (Å²) in [5, 5.41) is 18.9. The van der Waals surface area contributed by atoms with Crippen LogP contribution < -0.4 is 15.5 Å². The molecule has 1 saturated carbocycles. The molecule has 31 heavy (non-hydrogen) atoms. The number of aromatic nitrogens is 2. The van der Waals surface area contributed by atoms with Gasteiger partial charge in [-0.1, -0.05) is 11.3 Å². The molecular weight excluding hydrogens is 416 g/mol. The summed E-state index contributed by atoms with van der Waals surface area (Å²) in [7, 11) is 4.05. The number of nitro groups is 1. The van der Waals surface area contributed by atoms with E-state index in [0.29, 0.717) is 11.5 Å². The smallest absolute Gasteiger partial charge is 0.324 e. The molecule has 0 spiro atoms. The summed E-state index contributed by atoms with van der Waals surface area (Å²) in [5.74, 6) is 1.47. The van der Waals surface area contributed by atoms with E-state index in [-0.39, 0.29) is 23.0 Å². The van der Waals surface area contributed by atoms with Gasteiger partial charge in [0.15, 0.2) is 0 Å². The van der Waals surface area contributed by atoms with Gasteiger partial charge < -0.3 is 15.5 Å². The van der Waals surface area contributed by atoms with Gasteiger partial charge in [0.05, 0.1) is 16.2 Å². The van der Waals surface area contributed by atoms with Crippen molar-refractivity contribution in [1.29, 1.82) is 0 Å². The van der Waals surface area contributed by atoms with Gasteiger partial charge in [0.2, 0.25) is 5.95 Å². The van der Waals surface area contributed by atoms with Gasteiger partial charge >= 0.3 is 5.00 Å². The van der Waals surface area contributed by atoms with E-state index in [4.69, 9.17) is 9.97 Å². The van der Waals surface area contributed by atoms with Crippen molar-refractivity contribution in [3.63, 3.8) is 0 Å². The third-order valence-corrected chi connectivity index (χ3v) is 6.89. The summed E-state index contributed by atoms with van der Waals surface area (Å²) in [4.78, 5) is 34.4. The second-order valence-corrected chi connectivity index (χ2v) is 9.38. The van der Waals surface area contributed by atoms with Crippen molar-refractivity contribution >= 4 is 34.0 Å². The molecule has 4 rings (SSSR count). The molecule has 0 saturated heterocycles. The third-order valence-electron chi connectivity index (χ3n) is 6.01. The first kappa shape index (κ1) is 21.5. The van der Waals surface area contributed by atoms with Gasteiger partial charge in [-0.2, -0.15) is 4.98 Å². The van der Waals surface area contributed by atoms with E-state index in [9.17, 15) is 14.9 Å². The summed E-state index contributed by atoms with van der Waals surface area (Å²) in [6.45, 7) is 0. The summed E-state index contributed by atoms with van der Waals surface area (Å²) in [6, 6.07) is 1.68. The molecule has 0 radical (unpaired) electrons. The summed E-state index contributed by atoms with van der Waals surface area (Å²) in [6.07, 6.45) is 7.93. The molecule has 2 aliphatic carbocycles. The van der Waals surface area contributed by atoms with Gasteiger partial charge in [0, 0.05) is 43.2 Å². The van der Waals surface area contributed by atoms with Gasteiger partial charge in [-0.05, 0) is 51.4 Å². The van der Waals surface area contributed by atoms with E-state index in [0.717, 1.165) is 55.7 Å². The lowest BCUT2D eigenvalue weighted by atomic mass is 9.91. The van der Waals surface area contributed by atoms with Crippen molar-refractivity contribution in [2.45, 2.75) is 63.5 Å². The topological polar surface area (TPSA) is 113 Å². The van der Waals surface area contributed by atoms with Gasteiger partial charge in [0.1, 0.15) is 5.82 Å². The molecule has 0 aliphatic heterocycles. The molecule has 0 bridgehead atoms. The lowest BCUT2D eigenvalue weighted by Gasteiger charge is -2.30. The van der Waals surface area contributed by atoms with Crippen LogP contribution in [0.2, 0.25) is 0 Å². The standard InChI is InChI=1S/C21H28N6O3S/c1-26(2)19-16-5-3-4-6-17(16)24-21(25-19)23-15-9-7-14(8-10-15)22-20(28)13-11-18(27(29)30)31-12-13/h11-12,14-15H,3-10H2,1-2H3,(H,22,28)(H,23,24,25)/t14-,15+. The van der Waals surface area contributed by atoms with Gasteiger partial charge in [-0.25, -0.2) is 4.98 Å². The first-order valence-corrected chi connectivity index (χ1v) is 11.7. The number of hydrogen-bond acceptors (Lipinski definition) is 8. The molecular formula is C21H28N6O3S. The van der Waals surface area contributed by atoms with Crippen molar-refractivity contribution in [2.24, 2.45) is 0 Å². The number of carbonyl (C=O) groups excluding carboxylic acids is 1. The second-order valence-electron chi connectivity index (χ2n) is 8.49. The number of rotatable bonds is 6. The highest BCUT2D eigenvalue weighted by atomic mass is 32.1. The predicted octanol–water partition coefficient (Wildman–Crippen LogP) is 3.54. The Labute approximate surface area is 185 Å². The fraction of sp³-hybridized carbons (Fsp3) is 0.571. The van der Waals surface area contributed by atoms with E-state index in [1.54, 1.807) is 0 Å². The van der Waals surface area contributed by atoms with Crippen LogP contribution in [0.25, 0.3) is 0 Å². The number of nitrogens with one attached hydrogen (secondary N) is 2. The lowest BCUT2D eigenvalue weighted by Crippen LogP contribution is -2.40. The van der Waals surface area contributed by atoms with E-state index in [2.05, 4.69) is 15.5 Å². The molecule has 2 aromatic heterocycles. The Balaban J connectivity index is 1.33. The molecule has 2 aliphatic rings. The van der Waals surface area contributed by atoms with Crippen LogP contribution >= 0.6 is 11.3 Å². The van der Waals surface area contributed by atoms with Crippen molar-refractivity contribution in [3.05, 3.63) is 38.4 Å². The Morgan fingerprint density at radius 2 is 1.87 bits per heavy atom. The van der Waals surface area contributed by atoms with E-state index < -0.39 is 4.92 Å². The first-order valence-electron chi connectivity index (χ1n) is 10.8. The minimum atomic E-state index is -0.469. The number of nitrogens with zero attached hydrogens (tertiary/aromatic N) is 4. The highest BCUT2D eigenvalue weighted by Gasteiger charge is 2.25. The molecule has 10 heteroatoms. The minimum absolute atomic E-state index is 0.0137. The predicted molar refractivity (Wildman–Crippen MR) is 121 cm³/mol. The zero-order chi connectivity index (χ0) is 22.0. The van der Waals surface area contributed by atoms with E-state index >= 15 is 0 Å². The fourth-order valence-corrected chi connectivity index (χ4v) is 5.09. The van der Waals surface area contributed by atoms with Gasteiger partial charge in [-0.3, -0.25) is 14.9 Å². The Morgan fingerprint density at radius 1 is 1.16 bits per heavy atom. The van der Waals surface area contributed by atoms with Crippen LogP contribution in [-0.2, 0) is 12.8 Å². The number of amides is 1. The molecule has 0 unspecified atom stereocenters. The van der Waals surface area contributed by atoms with Gasteiger partial charge in [0.25, 0.3) is 5.91 Å². The van der Waals surface area contributed by atoms with Crippen molar-refractivity contribution < 1.29 is 9.72 Å². The van der Waals surface area contributed by atoms with Crippen molar-refractivity contribution in [2.75, 3.05) is 24.3 Å². The van der Waals surface area contributed by atoms with Crippen molar-refractivity contribution in [3.8, 4) is 0 Å². The Morgan fingerprint density at radius 3 is 2.55 bits per heavy atom. The Bertz CT molecular complexity index is 968. The first-order chi connectivity index (χ1) is 14.9. The molecule has 9 nitrogen and oxygen atoms in total. The maximum absolute atomic E-state index is 12.4. The second kappa shape index (κ2) is 9.17. The monoisotopic (exact) mass is 444 g/mol. The zero-order valence-electron chi connectivity index (χ0n) is 17.9. The Hall–Kier alpha value is -2.75. The number of anilines is 2.